The van der Waals surface area contributed by atoms with Gasteiger partial charge < -0.3 is 10.4 Å². The van der Waals surface area contributed by atoms with Gasteiger partial charge in [0.2, 0.25) is 0 Å². The lowest BCUT2D eigenvalue weighted by molar-refractivity contribution is 0.0918. The van der Waals surface area contributed by atoms with E-state index in [9.17, 15) is 19.1 Å². The molecule has 0 radical (unpaired) electrons. The molecular weight excluding hydrogens is 409 g/mol. The van der Waals surface area contributed by atoms with Gasteiger partial charge in [0.15, 0.2) is 0 Å². The summed E-state index contributed by atoms with van der Waals surface area (Å²) in [5.41, 5.74) is 0.671. The number of hydrogen-bond donors (Lipinski definition) is 2. The fraction of sp³-hybridized carbons (Fsp3) is 0.320. The molecule has 2 N–H and O–H groups in total. The van der Waals surface area contributed by atoms with Crippen LogP contribution in [0.1, 0.15) is 43.0 Å². The van der Waals surface area contributed by atoms with Crippen LogP contribution in [0, 0.1) is 11.7 Å². The fourth-order valence-corrected chi connectivity index (χ4v) is 4.28. The van der Waals surface area contributed by atoms with Gasteiger partial charge in [-0.1, -0.05) is 25.1 Å². The molecule has 0 aliphatic heterocycles. The lowest BCUT2D eigenvalue weighted by Gasteiger charge is -2.27. The SMILES string of the molecule is C=CCn1c(=O)c(C(=O)N[C@H]2CC[C@@H](C)CC2)c(O)c2cc(-c3ccc(F)cc3)cnc21. The number of carbonyl (C=O) groups is 1. The minimum Gasteiger partial charge on any atom is -0.506 e. The molecule has 2 heterocycles. The van der Waals surface area contributed by atoms with Crippen LogP contribution < -0.4 is 10.9 Å². The minimum atomic E-state index is -0.612. The Bertz CT molecular complexity index is 1230. The van der Waals surface area contributed by atoms with Crippen LogP contribution in [0.2, 0.25) is 0 Å². The van der Waals surface area contributed by atoms with E-state index < -0.39 is 17.2 Å². The summed E-state index contributed by atoms with van der Waals surface area (Å²) in [4.78, 5) is 30.6. The van der Waals surface area contributed by atoms with Crippen molar-refractivity contribution in [2.24, 2.45) is 5.92 Å². The maximum Gasteiger partial charge on any atom is 0.269 e. The largest absolute Gasteiger partial charge is 0.506 e. The van der Waals surface area contributed by atoms with Crippen LogP contribution in [0.3, 0.4) is 0 Å². The molecular formula is C25H26FN3O3. The summed E-state index contributed by atoms with van der Waals surface area (Å²) in [7, 11) is 0. The normalized spacial score (nSPS) is 18.4. The monoisotopic (exact) mass is 435 g/mol. The number of rotatable bonds is 5. The molecule has 4 rings (SSSR count). The van der Waals surface area contributed by atoms with Crippen LogP contribution >= 0.6 is 0 Å². The third-order valence-corrected chi connectivity index (χ3v) is 6.14. The standard InChI is InChI=1S/C25H26FN3O3/c1-3-12-29-23-20(13-17(14-27-23)16-6-8-18(26)9-7-16)22(30)21(25(29)32)24(31)28-19-10-4-15(2)5-11-19/h3,6-9,13-15,19,30H,1,4-5,10-12H2,2H3,(H,28,31)/t15-,19+. The summed E-state index contributed by atoms with van der Waals surface area (Å²) in [5, 5.41) is 14.2. The van der Waals surface area contributed by atoms with Gasteiger partial charge >= 0.3 is 0 Å². The van der Waals surface area contributed by atoms with E-state index in [1.807, 2.05) is 0 Å². The van der Waals surface area contributed by atoms with Crippen LogP contribution in [0.25, 0.3) is 22.2 Å². The number of amides is 1. The van der Waals surface area contributed by atoms with Crippen LogP contribution in [0.15, 0.2) is 54.0 Å². The highest BCUT2D eigenvalue weighted by molar-refractivity contribution is 6.02. The molecule has 1 saturated carbocycles. The third kappa shape index (κ3) is 4.15. The Hall–Kier alpha value is -3.48. The van der Waals surface area contributed by atoms with E-state index >= 15 is 0 Å². The first-order valence-electron chi connectivity index (χ1n) is 10.8. The molecule has 1 aliphatic carbocycles. The number of allylic oxidation sites excluding steroid dienone is 1. The lowest BCUT2D eigenvalue weighted by Crippen LogP contribution is -2.40. The van der Waals surface area contributed by atoms with E-state index in [1.165, 1.54) is 22.8 Å². The van der Waals surface area contributed by atoms with Crippen LogP contribution in [-0.2, 0) is 6.54 Å². The molecule has 1 aliphatic rings. The summed E-state index contributed by atoms with van der Waals surface area (Å²) in [6.45, 7) is 6.01. The van der Waals surface area contributed by atoms with Crippen LogP contribution in [0.5, 0.6) is 5.75 Å². The number of benzene rings is 1. The Labute approximate surface area is 185 Å². The molecule has 2 aromatic heterocycles. The Morgan fingerprint density at radius 1 is 1.25 bits per heavy atom. The first-order chi connectivity index (χ1) is 15.4. The molecule has 0 saturated heterocycles. The molecule has 0 spiro atoms. The first-order valence-corrected chi connectivity index (χ1v) is 10.8. The number of pyridine rings is 2. The molecule has 6 nitrogen and oxygen atoms in total. The van der Waals surface area contributed by atoms with Crippen LogP contribution in [-0.4, -0.2) is 26.6 Å². The van der Waals surface area contributed by atoms with Gasteiger partial charge in [-0.25, -0.2) is 9.37 Å². The number of aromatic nitrogens is 2. The maximum atomic E-state index is 13.3. The van der Waals surface area contributed by atoms with Gasteiger partial charge in [0, 0.05) is 24.3 Å². The lowest BCUT2D eigenvalue weighted by atomic mass is 9.87. The highest BCUT2D eigenvalue weighted by Gasteiger charge is 2.26. The second kappa shape index (κ2) is 8.94. The topological polar surface area (TPSA) is 84.2 Å². The Balaban J connectivity index is 1.80. The molecule has 0 atom stereocenters. The number of fused-ring (bicyclic) bond motifs is 1. The summed E-state index contributed by atoms with van der Waals surface area (Å²) < 4.78 is 14.6. The highest BCUT2D eigenvalue weighted by Crippen LogP contribution is 2.30. The van der Waals surface area contributed by atoms with Crippen LogP contribution in [0.4, 0.5) is 4.39 Å². The van der Waals surface area contributed by atoms with Crippen molar-refractivity contribution in [3.8, 4) is 16.9 Å². The second-order valence-corrected chi connectivity index (χ2v) is 8.46. The van der Waals surface area contributed by atoms with Gasteiger partial charge in [-0.15, -0.1) is 6.58 Å². The average Bonchev–Trinajstić information content (AvgIpc) is 2.78. The van der Waals surface area contributed by atoms with Crippen molar-refractivity contribution in [1.82, 2.24) is 14.9 Å². The smallest absolute Gasteiger partial charge is 0.269 e. The van der Waals surface area contributed by atoms with E-state index in [0.717, 1.165) is 25.7 Å². The van der Waals surface area contributed by atoms with Crippen molar-refractivity contribution < 1.29 is 14.3 Å². The number of nitrogens with zero attached hydrogens (tertiary/aromatic N) is 2. The third-order valence-electron chi connectivity index (χ3n) is 6.14. The highest BCUT2D eigenvalue weighted by atomic mass is 19.1. The van der Waals surface area contributed by atoms with Gasteiger partial charge in [0.1, 0.15) is 22.8 Å². The Morgan fingerprint density at radius 3 is 2.59 bits per heavy atom. The molecule has 1 fully saturated rings. The van der Waals surface area contributed by atoms with Gasteiger partial charge in [-0.05, 0) is 55.4 Å². The number of nitrogens with one attached hydrogen (secondary N) is 1. The zero-order valence-electron chi connectivity index (χ0n) is 18.0. The van der Waals surface area contributed by atoms with E-state index in [1.54, 1.807) is 24.4 Å². The second-order valence-electron chi connectivity index (χ2n) is 8.46. The molecule has 1 aromatic carbocycles. The van der Waals surface area contributed by atoms with Crippen molar-refractivity contribution in [2.45, 2.75) is 45.2 Å². The van der Waals surface area contributed by atoms with Gasteiger partial charge in [0.05, 0.1) is 5.39 Å². The van der Waals surface area contributed by atoms with Crippen molar-refractivity contribution >= 4 is 16.9 Å². The zero-order chi connectivity index (χ0) is 22.8. The van der Waals surface area contributed by atoms with Gasteiger partial charge in [-0.3, -0.25) is 14.2 Å². The number of aromatic hydroxyl groups is 1. The molecule has 32 heavy (non-hydrogen) atoms. The minimum absolute atomic E-state index is 0.0234. The number of hydrogen-bond acceptors (Lipinski definition) is 4. The van der Waals surface area contributed by atoms with Gasteiger partial charge in [0.25, 0.3) is 11.5 Å². The molecule has 166 valence electrons. The predicted molar refractivity (Wildman–Crippen MR) is 122 cm³/mol. The van der Waals surface area contributed by atoms with Crippen molar-refractivity contribution in [2.75, 3.05) is 0 Å². The van der Waals surface area contributed by atoms with Gasteiger partial charge in [-0.2, -0.15) is 0 Å². The summed E-state index contributed by atoms with van der Waals surface area (Å²) in [5.74, 6) is -0.721. The fourth-order valence-electron chi connectivity index (χ4n) is 4.28. The molecule has 7 heteroatoms. The van der Waals surface area contributed by atoms with E-state index in [-0.39, 0.29) is 35.0 Å². The van der Waals surface area contributed by atoms with E-state index in [4.69, 9.17) is 0 Å². The van der Waals surface area contributed by atoms with E-state index in [0.29, 0.717) is 17.0 Å². The Morgan fingerprint density at radius 2 is 1.94 bits per heavy atom. The van der Waals surface area contributed by atoms with Crippen molar-refractivity contribution in [3.63, 3.8) is 0 Å². The summed E-state index contributed by atoms with van der Waals surface area (Å²) >= 11 is 0. The zero-order valence-corrected chi connectivity index (χ0v) is 18.0. The number of carbonyl (C=O) groups excluding carboxylic acids is 1. The molecule has 0 bridgehead atoms. The molecule has 0 unspecified atom stereocenters. The predicted octanol–water partition coefficient (Wildman–Crippen LogP) is 4.40. The quantitative estimate of drug-likeness (QED) is 0.582. The molecule has 3 aromatic rings. The summed E-state index contributed by atoms with van der Waals surface area (Å²) in [6, 6.07) is 7.51. The average molecular weight is 435 g/mol. The number of halogens is 1. The molecule has 1 amide bonds. The maximum absolute atomic E-state index is 13.3. The van der Waals surface area contributed by atoms with Crippen molar-refractivity contribution in [1.29, 1.82) is 0 Å². The first kappa shape index (κ1) is 21.7. The Kier molecular flexibility index (Phi) is 6.08. The van der Waals surface area contributed by atoms with Crippen molar-refractivity contribution in [3.05, 3.63) is 70.9 Å². The van der Waals surface area contributed by atoms with E-state index in [2.05, 4.69) is 23.8 Å². The summed E-state index contributed by atoms with van der Waals surface area (Å²) in [6.07, 6.45) is 6.81.